The Balaban J connectivity index is -0.000000303. The van der Waals surface area contributed by atoms with Gasteiger partial charge in [0.25, 0.3) is 23.1 Å². The van der Waals surface area contributed by atoms with E-state index in [-0.39, 0.29) is 22.2 Å². The lowest BCUT2D eigenvalue weighted by atomic mass is 9.81. The lowest BCUT2D eigenvalue weighted by Gasteiger charge is -2.36. The smallest absolute Gasteiger partial charge is 0.246 e. The van der Waals surface area contributed by atoms with Crippen molar-refractivity contribution in [2.75, 3.05) is 4.43 Å². The van der Waals surface area contributed by atoms with Crippen LogP contribution in [0.3, 0.4) is 0 Å². The molecule has 0 aliphatic carbocycles. The Morgan fingerprint density at radius 3 is 0.819 bits per heavy atom. The molecule has 0 aromatic carbocycles. The van der Waals surface area contributed by atoms with Crippen molar-refractivity contribution in [1.29, 1.82) is 0 Å². The van der Waals surface area contributed by atoms with Gasteiger partial charge in [0.2, 0.25) is 17.0 Å². The predicted molar refractivity (Wildman–Crippen MR) is 195 cm³/mol. The SMILES string of the molecule is C=C(F)C(CC(C)(F)C(F)(F)F)CC(F)(C(F)(F)F)C(F)(F)F.C=C(F)F.CC(F)(CC(CC(F)(C(F)(F)F)C(F)(F)F)C(F)CI)C(F)(F)F.CC(F)(CC(I)CC(F)(C(F)(F)F)C(F)(F)F)C(F)(F)F.[2HH]. The first-order valence-electron chi connectivity index (χ1n) is 17.6. The Kier molecular flexibility index (Phi) is 26.9. The Morgan fingerprint density at radius 1 is 0.375 bits per heavy atom. The fraction of sp³-hybridized carbons (Fsp3) is 0.879. The van der Waals surface area contributed by atoms with Crippen LogP contribution >= 0.6 is 45.2 Å². The third kappa shape index (κ3) is 21.8. The molecule has 0 spiro atoms. The van der Waals surface area contributed by atoms with Gasteiger partial charge < -0.3 is 0 Å². The Bertz CT molecular complexity index is 1610. The first-order chi connectivity index (χ1) is 30.6. The molecule has 0 rings (SSSR count). The molecule has 0 saturated carbocycles. The maximum atomic E-state index is 13.6. The topological polar surface area (TPSA) is 0 Å². The lowest BCUT2D eigenvalue weighted by molar-refractivity contribution is -0.348. The number of allylic oxidation sites excluding steroid dienone is 1. The van der Waals surface area contributed by atoms with Crippen LogP contribution in [0, 0.1) is 11.8 Å². The molecule has 0 N–H and O–H groups in total. The zero-order valence-corrected chi connectivity index (χ0v) is 39.2. The summed E-state index contributed by atoms with van der Waals surface area (Å²) in [5.74, 6) is -7.93. The third-order valence-corrected chi connectivity index (χ3v) is 10.7. The highest BCUT2D eigenvalue weighted by atomic mass is 127. The molecule has 0 aromatic rings. The summed E-state index contributed by atoms with van der Waals surface area (Å²) in [6.07, 6.45) is -74.4. The van der Waals surface area contributed by atoms with Crippen LogP contribution in [0.2, 0.25) is 0 Å². The molecule has 0 aromatic heterocycles. The average Bonchev–Trinajstić information content (AvgIpc) is 3.06. The lowest BCUT2D eigenvalue weighted by Crippen LogP contribution is -2.55. The number of rotatable bonds is 15. The van der Waals surface area contributed by atoms with Gasteiger partial charge >= 0.3 is 55.6 Å². The molecule has 0 aliphatic rings. The maximum Gasteiger partial charge on any atom is 0.431 e. The van der Waals surface area contributed by atoms with E-state index < -0.39 is 166 Å². The van der Waals surface area contributed by atoms with Crippen molar-refractivity contribution in [1.82, 2.24) is 0 Å². The monoisotopic (exact) mass is 1390 g/mol. The maximum absolute atomic E-state index is 13.6. The Hall–Kier alpha value is -1.65. The van der Waals surface area contributed by atoms with Crippen LogP contribution in [0.15, 0.2) is 25.1 Å². The number of halogens is 39. The van der Waals surface area contributed by atoms with Crippen molar-refractivity contribution in [2.24, 2.45) is 11.8 Å². The minimum atomic E-state index is -6.59. The van der Waals surface area contributed by atoms with E-state index in [9.17, 15) is 162 Å². The van der Waals surface area contributed by atoms with Gasteiger partial charge in [-0.15, -0.1) is 0 Å². The fourth-order valence-electron chi connectivity index (χ4n) is 4.72. The van der Waals surface area contributed by atoms with Gasteiger partial charge in [0, 0.05) is 41.4 Å². The number of alkyl halides is 36. The summed E-state index contributed by atoms with van der Waals surface area (Å²) in [7, 11) is 0. The molecule has 0 nitrogen and oxygen atoms in total. The first-order valence-corrected chi connectivity index (χ1v) is 20.3. The highest BCUT2D eigenvalue weighted by molar-refractivity contribution is 14.1. The molecular formula is C33H33F37I2. The van der Waals surface area contributed by atoms with Gasteiger partial charge in [-0.3, -0.25) is 0 Å². The van der Waals surface area contributed by atoms with Gasteiger partial charge in [-0.25, -0.2) is 35.1 Å². The van der Waals surface area contributed by atoms with Gasteiger partial charge in [-0.1, -0.05) is 51.8 Å². The van der Waals surface area contributed by atoms with Gasteiger partial charge in [0.05, 0.1) is 5.83 Å². The van der Waals surface area contributed by atoms with Gasteiger partial charge in [-0.05, 0) is 46.1 Å². The number of hydrogen-bond donors (Lipinski definition) is 0. The fourth-order valence-corrected chi connectivity index (χ4v) is 6.87. The van der Waals surface area contributed by atoms with Gasteiger partial charge in [-0.2, -0.15) is 127 Å². The molecule has 7 atom stereocenters. The molecule has 7 unspecified atom stereocenters. The van der Waals surface area contributed by atoms with Crippen molar-refractivity contribution in [3.63, 3.8) is 0 Å². The van der Waals surface area contributed by atoms with Gasteiger partial charge in [0.15, 0.2) is 0 Å². The second-order valence-corrected chi connectivity index (χ2v) is 17.9. The molecule has 0 heterocycles. The number of hydrogen-bond acceptors (Lipinski definition) is 0. The average molecular weight is 1390 g/mol. The van der Waals surface area contributed by atoms with Crippen molar-refractivity contribution in [3.05, 3.63) is 25.1 Å². The van der Waals surface area contributed by atoms with E-state index in [2.05, 4.69) is 13.2 Å². The van der Waals surface area contributed by atoms with E-state index in [1.54, 1.807) is 0 Å². The highest BCUT2D eigenvalue weighted by Gasteiger charge is 2.75. The molecule has 0 bridgehead atoms. The standard InChI is InChI=1S/C11H11F12I.C11H10F12.C9H8F11I.C2H2F2.H2/c1-7(13,9(15,16)17)2-5(6(12)4-24)3-8(14,10(18,19)20)11(21,22)23;1-5(12)6(3-7(2,13)9(15,16)17)4-8(14,10(18,19)20)11(21,22)23;1-5(10,7(12,13)14)2-4(21)3-6(11,8(15,16)17)9(18,19)20;1-2(3)4;/h5-6H,2-4H2,1H3;6H,1,3-4H2,2H3;4H,2-3H2,1H3;1H2;1H/i;;;;1+1. The highest BCUT2D eigenvalue weighted by Crippen LogP contribution is 2.55. The molecule has 0 amide bonds. The third-order valence-electron chi connectivity index (χ3n) is 9.03. The summed E-state index contributed by atoms with van der Waals surface area (Å²) in [6, 6.07) is 0. The zero-order chi connectivity index (χ0) is 59.9. The molecule has 0 aliphatic heterocycles. The molecule has 438 valence electrons. The Labute approximate surface area is 408 Å². The molecule has 0 radical (unpaired) electrons. The van der Waals surface area contributed by atoms with E-state index in [4.69, 9.17) is 0 Å². The quantitative estimate of drug-likeness (QED) is 0.0871. The summed E-state index contributed by atoms with van der Waals surface area (Å²) in [6.45, 7) is 4.06. The molecule has 39 heteroatoms. The van der Waals surface area contributed by atoms with Crippen LogP contribution in [0.1, 0.15) is 60.7 Å². The summed E-state index contributed by atoms with van der Waals surface area (Å²) in [5, 5.41) is 0. The molecule has 0 fully saturated rings. The van der Waals surface area contributed by atoms with Crippen LogP contribution in [-0.4, -0.2) is 104 Å². The van der Waals surface area contributed by atoms with E-state index in [1.807, 2.05) is 0 Å². The van der Waals surface area contributed by atoms with Crippen LogP contribution in [0.5, 0.6) is 0 Å². The summed E-state index contributed by atoms with van der Waals surface area (Å²) in [4.78, 5) is 0. The second kappa shape index (κ2) is 25.2. The Morgan fingerprint density at radius 2 is 0.597 bits per heavy atom. The van der Waals surface area contributed by atoms with Crippen molar-refractivity contribution >= 4 is 45.2 Å². The normalized spacial score (nSPS) is 18.5. The minimum absolute atomic E-state index is 0. The second-order valence-electron chi connectivity index (χ2n) is 15.2. The van der Waals surface area contributed by atoms with Crippen LogP contribution < -0.4 is 0 Å². The van der Waals surface area contributed by atoms with Crippen LogP contribution in [-0.2, 0) is 0 Å². The molecular weight excluding hydrogens is 1350 g/mol. The largest absolute Gasteiger partial charge is 0.431 e. The van der Waals surface area contributed by atoms with E-state index >= 15 is 0 Å². The van der Waals surface area contributed by atoms with Crippen molar-refractivity contribution in [3.8, 4) is 0 Å². The predicted octanol–water partition coefficient (Wildman–Crippen LogP) is 19.6. The van der Waals surface area contributed by atoms with Crippen LogP contribution in [0.25, 0.3) is 0 Å². The zero-order valence-electron chi connectivity index (χ0n) is 34.9. The van der Waals surface area contributed by atoms with Crippen LogP contribution in [0.4, 0.5) is 162 Å². The van der Waals surface area contributed by atoms with Gasteiger partial charge in [0.1, 0.15) is 6.17 Å². The summed E-state index contributed by atoms with van der Waals surface area (Å²) >= 11 is 1.86. The minimum Gasteiger partial charge on any atom is -0.246 e. The summed E-state index contributed by atoms with van der Waals surface area (Å²) < 4.78 is 457. The van der Waals surface area contributed by atoms with E-state index in [0.29, 0.717) is 0 Å². The van der Waals surface area contributed by atoms with E-state index in [0.717, 1.165) is 45.2 Å². The first kappa shape index (κ1) is 76.9. The van der Waals surface area contributed by atoms with Crippen molar-refractivity contribution in [2.45, 2.75) is 159 Å². The molecule has 72 heavy (non-hydrogen) atoms. The van der Waals surface area contributed by atoms with E-state index in [1.165, 1.54) is 0 Å². The molecule has 0 saturated heterocycles. The van der Waals surface area contributed by atoms with Crippen molar-refractivity contribution < 1.29 is 164 Å². The summed E-state index contributed by atoms with van der Waals surface area (Å²) in [5.41, 5.74) is -30.3.